The number of hydrogen-bond acceptors (Lipinski definition) is 5. The molecule has 1 aromatic carbocycles. The number of carbonyl (C=O) groups excluding carboxylic acids is 1. The molecule has 0 radical (unpaired) electrons. The van der Waals surface area contributed by atoms with Crippen LogP contribution < -0.4 is 5.32 Å². The smallest absolute Gasteiger partial charge is 0.282 e. The number of carbonyl (C=O) groups is 1. The number of ether oxygens (including phenoxy) is 1. The van der Waals surface area contributed by atoms with E-state index in [2.05, 4.69) is 10.2 Å². The van der Waals surface area contributed by atoms with Crippen LogP contribution in [0.2, 0.25) is 0 Å². The number of para-hydroxylation sites is 1. The highest BCUT2D eigenvalue weighted by Gasteiger charge is 2.39. The third-order valence-electron chi connectivity index (χ3n) is 5.39. The number of halogens is 1. The summed E-state index contributed by atoms with van der Waals surface area (Å²) in [6, 6.07) is 6.11. The summed E-state index contributed by atoms with van der Waals surface area (Å²) in [5.41, 5.74) is -0.0779. The summed E-state index contributed by atoms with van der Waals surface area (Å²) in [7, 11) is 0. The molecular weight excluding hydrogens is 358 g/mol. The van der Waals surface area contributed by atoms with E-state index in [0.29, 0.717) is 6.54 Å². The first-order chi connectivity index (χ1) is 12.1. The van der Waals surface area contributed by atoms with Crippen LogP contribution in [0.1, 0.15) is 42.5 Å². The van der Waals surface area contributed by atoms with Crippen LogP contribution in [0.4, 0.5) is 5.69 Å². The fourth-order valence-electron chi connectivity index (χ4n) is 4.02. The van der Waals surface area contributed by atoms with E-state index < -0.39 is 4.92 Å². The molecule has 0 unspecified atom stereocenters. The molecule has 1 aliphatic heterocycles. The maximum absolute atomic E-state index is 12.6. The van der Waals surface area contributed by atoms with E-state index in [1.54, 1.807) is 12.1 Å². The molecular formula is C18H26ClN3O4. The molecule has 0 atom stereocenters. The fourth-order valence-corrected chi connectivity index (χ4v) is 4.02. The first-order valence-electron chi connectivity index (χ1n) is 8.97. The van der Waals surface area contributed by atoms with E-state index in [0.717, 1.165) is 52.0 Å². The number of morpholine rings is 1. The number of nitrogens with zero attached hydrogens (tertiary/aromatic N) is 2. The molecule has 0 bridgehead atoms. The molecule has 1 saturated carbocycles. The van der Waals surface area contributed by atoms with Gasteiger partial charge in [-0.25, -0.2) is 0 Å². The first kappa shape index (κ1) is 20.6. The molecule has 7 nitrogen and oxygen atoms in total. The molecule has 0 aromatic heterocycles. The highest BCUT2D eigenvalue weighted by molar-refractivity contribution is 5.98. The molecule has 1 aliphatic carbocycles. The molecule has 1 saturated heterocycles. The van der Waals surface area contributed by atoms with Gasteiger partial charge in [0.1, 0.15) is 5.56 Å². The topological polar surface area (TPSA) is 84.7 Å². The van der Waals surface area contributed by atoms with Gasteiger partial charge in [-0.2, -0.15) is 0 Å². The van der Waals surface area contributed by atoms with Crippen molar-refractivity contribution < 1.29 is 14.5 Å². The number of nitro groups is 1. The molecule has 2 aliphatic rings. The van der Waals surface area contributed by atoms with Crippen molar-refractivity contribution in [1.82, 2.24) is 10.2 Å². The van der Waals surface area contributed by atoms with Crippen molar-refractivity contribution in [3.05, 3.63) is 39.9 Å². The van der Waals surface area contributed by atoms with Crippen molar-refractivity contribution in [2.75, 3.05) is 32.8 Å². The number of rotatable bonds is 5. The van der Waals surface area contributed by atoms with Gasteiger partial charge in [-0.15, -0.1) is 12.4 Å². The lowest BCUT2D eigenvalue weighted by Crippen LogP contribution is -2.59. The Hall–Kier alpha value is -1.70. The minimum Gasteiger partial charge on any atom is -0.379 e. The van der Waals surface area contributed by atoms with Crippen molar-refractivity contribution >= 4 is 24.0 Å². The summed E-state index contributed by atoms with van der Waals surface area (Å²) in [5, 5.41) is 14.1. The monoisotopic (exact) mass is 383 g/mol. The summed E-state index contributed by atoms with van der Waals surface area (Å²) >= 11 is 0. The van der Waals surface area contributed by atoms with Crippen LogP contribution in [-0.4, -0.2) is 54.1 Å². The fraction of sp³-hybridized carbons (Fsp3) is 0.611. The zero-order valence-corrected chi connectivity index (χ0v) is 15.6. The second-order valence-electron chi connectivity index (χ2n) is 6.84. The zero-order chi connectivity index (χ0) is 17.7. The lowest BCUT2D eigenvalue weighted by atomic mass is 9.79. The van der Waals surface area contributed by atoms with Gasteiger partial charge in [0, 0.05) is 31.2 Å². The van der Waals surface area contributed by atoms with Crippen molar-refractivity contribution in [3.8, 4) is 0 Å². The van der Waals surface area contributed by atoms with Gasteiger partial charge in [0.25, 0.3) is 11.6 Å². The van der Waals surface area contributed by atoms with Crippen molar-refractivity contribution in [2.45, 2.75) is 37.6 Å². The van der Waals surface area contributed by atoms with Crippen LogP contribution in [0.25, 0.3) is 0 Å². The lowest BCUT2D eigenvalue weighted by molar-refractivity contribution is -0.385. The van der Waals surface area contributed by atoms with Gasteiger partial charge in [-0.3, -0.25) is 19.8 Å². The van der Waals surface area contributed by atoms with Crippen LogP contribution in [0.5, 0.6) is 0 Å². The Morgan fingerprint density at radius 2 is 1.85 bits per heavy atom. The second kappa shape index (κ2) is 9.30. The molecule has 26 heavy (non-hydrogen) atoms. The largest absolute Gasteiger partial charge is 0.379 e. The highest BCUT2D eigenvalue weighted by Crippen LogP contribution is 2.34. The number of hydrogen-bond donors (Lipinski definition) is 1. The third-order valence-corrected chi connectivity index (χ3v) is 5.39. The number of amides is 1. The van der Waals surface area contributed by atoms with Gasteiger partial charge in [-0.1, -0.05) is 31.4 Å². The minimum absolute atomic E-state index is 0. The Kier molecular flexibility index (Phi) is 7.37. The summed E-state index contributed by atoms with van der Waals surface area (Å²) in [6.07, 6.45) is 5.62. The lowest BCUT2D eigenvalue weighted by Gasteiger charge is -2.48. The zero-order valence-electron chi connectivity index (χ0n) is 14.8. The van der Waals surface area contributed by atoms with Crippen molar-refractivity contribution in [2.24, 2.45) is 0 Å². The Bertz CT molecular complexity index is 629. The first-order valence-corrected chi connectivity index (χ1v) is 8.97. The van der Waals surface area contributed by atoms with Crippen LogP contribution in [-0.2, 0) is 4.74 Å². The highest BCUT2D eigenvalue weighted by atomic mass is 35.5. The third kappa shape index (κ3) is 4.52. The SMILES string of the molecule is Cl.O=C(NCC1(N2CCOCC2)CCCCC1)c1ccccc1[N+](=O)[O-]. The number of nitro benzene ring substituents is 1. The molecule has 8 heteroatoms. The van der Waals surface area contributed by atoms with Crippen LogP contribution >= 0.6 is 12.4 Å². The minimum atomic E-state index is -0.507. The Morgan fingerprint density at radius 3 is 2.50 bits per heavy atom. The van der Waals surface area contributed by atoms with E-state index in [1.807, 2.05) is 0 Å². The van der Waals surface area contributed by atoms with Gasteiger partial charge < -0.3 is 10.1 Å². The molecule has 1 N–H and O–H groups in total. The maximum Gasteiger partial charge on any atom is 0.282 e. The van der Waals surface area contributed by atoms with E-state index in [4.69, 9.17) is 4.74 Å². The normalized spacial score (nSPS) is 20.0. The predicted octanol–water partition coefficient (Wildman–Crippen LogP) is 2.78. The van der Waals surface area contributed by atoms with Crippen LogP contribution in [0.15, 0.2) is 24.3 Å². The van der Waals surface area contributed by atoms with Crippen LogP contribution in [0, 0.1) is 10.1 Å². The second-order valence-corrected chi connectivity index (χ2v) is 6.84. The summed E-state index contributed by atoms with van der Waals surface area (Å²) in [4.78, 5) is 25.7. The van der Waals surface area contributed by atoms with E-state index >= 15 is 0 Å². The van der Waals surface area contributed by atoms with E-state index in [9.17, 15) is 14.9 Å². The quantitative estimate of drug-likeness (QED) is 0.624. The average Bonchev–Trinajstić information content (AvgIpc) is 2.67. The average molecular weight is 384 g/mol. The number of nitrogens with one attached hydrogen (secondary N) is 1. The van der Waals surface area contributed by atoms with Crippen LogP contribution in [0.3, 0.4) is 0 Å². The maximum atomic E-state index is 12.6. The Morgan fingerprint density at radius 1 is 1.19 bits per heavy atom. The van der Waals surface area contributed by atoms with Gasteiger partial charge in [0.15, 0.2) is 0 Å². The molecule has 1 aromatic rings. The molecule has 0 spiro atoms. The van der Waals surface area contributed by atoms with Gasteiger partial charge in [0.05, 0.1) is 18.1 Å². The molecule has 2 fully saturated rings. The number of benzene rings is 1. The Balaban J connectivity index is 0.00000243. The standard InChI is InChI=1S/C18H25N3O4.ClH/c22-17(15-6-2-3-7-16(15)21(23)24)19-14-18(8-4-1-5-9-18)20-10-12-25-13-11-20;/h2-3,6-7H,1,4-5,8-14H2,(H,19,22);1H. The summed E-state index contributed by atoms with van der Waals surface area (Å²) < 4.78 is 5.47. The Labute approximate surface area is 159 Å². The van der Waals surface area contributed by atoms with E-state index in [-0.39, 0.29) is 35.1 Å². The molecule has 1 heterocycles. The molecule has 144 valence electrons. The van der Waals surface area contributed by atoms with E-state index in [1.165, 1.54) is 18.6 Å². The van der Waals surface area contributed by atoms with Gasteiger partial charge in [0.2, 0.25) is 0 Å². The van der Waals surface area contributed by atoms with Crippen molar-refractivity contribution in [1.29, 1.82) is 0 Å². The summed E-state index contributed by atoms with van der Waals surface area (Å²) in [5.74, 6) is -0.370. The molecule has 1 amide bonds. The molecule has 3 rings (SSSR count). The summed E-state index contributed by atoms with van der Waals surface area (Å²) in [6.45, 7) is 3.72. The van der Waals surface area contributed by atoms with Gasteiger partial charge >= 0.3 is 0 Å². The van der Waals surface area contributed by atoms with Gasteiger partial charge in [-0.05, 0) is 18.9 Å². The van der Waals surface area contributed by atoms with Crippen molar-refractivity contribution in [3.63, 3.8) is 0 Å². The predicted molar refractivity (Wildman–Crippen MR) is 101 cm³/mol.